The third kappa shape index (κ3) is 5.98. The van der Waals surface area contributed by atoms with E-state index in [0.29, 0.717) is 0 Å². The van der Waals surface area contributed by atoms with Crippen LogP contribution in [0.15, 0.2) is 12.1 Å². The van der Waals surface area contributed by atoms with Crippen molar-refractivity contribution in [1.29, 1.82) is 0 Å². The van der Waals surface area contributed by atoms with Crippen LogP contribution in [0.3, 0.4) is 0 Å². The number of aromatic nitrogens is 2. The quantitative estimate of drug-likeness (QED) is 0.777. The van der Waals surface area contributed by atoms with Crippen LogP contribution in [0.5, 0.6) is 11.8 Å². The molecule has 0 bridgehead atoms. The van der Waals surface area contributed by atoms with E-state index in [4.69, 9.17) is 18.9 Å². The summed E-state index contributed by atoms with van der Waals surface area (Å²) in [7, 11) is 0. The fraction of sp³-hybridized carbons (Fsp3) is 0.500. The van der Waals surface area contributed by atoms with Crippen LogP contribution in [-0.4, -0.2) is 34.7 Å². The first-order chi connectivity index (χ1) is 9.36. The molecule has 1 rings (SSSR count). The zero-order valence-electron chi connectivity index (χ0n) is 11.7. The van der Waals surface area contributed by atoms with Gasteiger partial charge in [0.05, 0.1) is 12.2 Å². The fourth-order valence-corrected chi connectivity index (χ4v) is 1.02. The predicted octanol–water partition coefficient (Wildman–Crippen LogP) is 2.32. The van der Waals surface area contributed by atoms with Gasteiger partial charge in [-0.15, -0.1) is 10.2 Å². The Balaban J connectivity index is 2.52. The Hall–Kier alpha value is -2.38. The molecule has 0 aromatic carbocycles. The second-order valence-corrected chi connectivity index (χ2v) is 4.25. The molecular weight excluding hydrogens is 268 g/mol. The molecule has 0 aliphatic carbocycles. The summed E-state index contributed by atoms with van der Waals surface area (Å²) in [6, 6.07) is 2.62. The fourth-order valence-electron chi connectivity index (χ4n) is 1.02. The first-order valence-electron chi connectivity index (χ1n) is 5.97. The molecule has 0 atom stereocenters. The Kier molecular flexibility index (Phi) is 5.70. The van der Waals surface area contributed by atoms with Crippen molar-refractivity contribution in [3.8, 4) is 11.8 Å². The van der Waals surface area contributed by atoms with Crippen LogP contribution in [0.2, 0.25) is 0 Å². The maximum atomic E-state index is 11.2. The van der Waals surface area contributed by atoms with Crippen LogP contribution in [0.4, 0.5) is 9.59 Å². The maximum Gasteiger partial charge on any atom is 0.515 e. The molecule has 0 spiro atoms. The van der Waals surface area contributed by atoms with Crippen molar-refractivity contribution in [1.82, 2.24) is 10.2 Å². The number of carbonyl (C=O) groups is 2. The van der Waals surface area contributed by atoms with Crippen molar-refractivity contribution in [2.45, 2.75) is 39.9 Å². The summed E-state index contributed by atoms with van der Waals surface area (Å²) in [6.07, 6.45) is -2.38. The van der Waals surface area contributed by atoms with Gasteiger partial charge in [-0.05, 0) is 27.7 Å². The zero-order chi connectivity index (χ0) is 15.1. The maximum absolute atomic E-state index is 11.2. The summed E-state index contributed by atoms with van der Waals surface area (Å²) in [5.41, 5.74) is 0. The third-order valence-corrected chi connectivity index (χ3v) is 1.66. The van der Waals surface area contributed by atoms with E-state index >= 15 is 0 Å². The van der Waals surface area contributed by atoms with E-state index in [1.165, 1.54) is 12.1 Å². The summed E-state index contributed by atoms with van der Waals surface area (Å²) in [4.78, 5) is 22.4. The Morgan fingerprint density at radius 2 is 1.20 bits per heavy atom. The van der Waals surface area contributed by atoms with Gasteiger partial charge in [-0.2, -0.15) is 0 Å². The monoisotopic (exact) mass is 284 g/mol. The number of nitrogens with zero attached hydrogens (tertiary/aromatic N) is 2. The topological polar surface area (TPSA) is 96.8 Å². The number of carbonyl (C=O) groups excluding carboxylic acids is 2. The highest BCUT2D eigenvalue weighted by Gasteiger charge is 2.12. The highest BCUT2D eigenvalue weighted by molar-refractivity contribution is 5.64. The van der Waals surface area contributed by atoms with Crippen molar-refractivity contribution < 1.29 is 28.5 Å². The van der Waals surface area contributed by atoms with E-state index in [0.717, 1.165) is 0 Å². The molecule has 0 amide bonds. The molecule has 1 aromatic heterocycles. The minimum Gasteiger partial charge on any atom is -0.431 e. The summed E-state index contributed by atoms with van der Waals surface area (Å²) in [5.74, 6) is -0.138. The van der Waals surface area contributed by atoms with Gasteiger partial charge >= 0.3 is 12.3 Å². The average Bonchev–Trinajstić information content (AvgIpc) is 2.29. The van der Waals surface area contributed by atoms with Crippen molar-refractivity contribution in [3.63, 3.8) is 0 Å². The minimum atomic E-state index is -0.887. The molecule has 0 saturated carbocycles. The summed E-state index contributed by atoms with van der Waals surface area (Å²) in [5, 5.41) is 7.10. The lowest BCUT2D eigenvalue weighted by Crippen LogP contribution is -2.17. The van der Waals surface area contributed by atoms with Crippen LogP contribution in [0.1, 0.15) is 27.7 Å². The standard InChI is InChI=1S/C12H16N2O6/c1-7(2)17-11(15)19-9-5-6-10(14-13-9)20-12(16)18-8(3)4/h5-8H,1-4H3. The second-order valence-electron chi connectivity index (χ2n) is 4.25. The Morgan fingerprint density at radius 1 is 0.850 bits per heavy atom. The average molecular weight is 284 g/mol. The molecule has 0 N–H and O–H groups in total. The van der Waals surface area contributed by atoms with Crippen LogP contribution in [0.25, 0.3) is 0 Å². The number of hydrogen-bond donors (Lipinski definition) is 0. The van der Waals surface area contributed by atoms with E-state index in [-0.39, 0.29) is 24.0 Å². The lowest BCUT2D eigenvalue weighted by atomic mass is 10.5. The minimum absolute atomic E-state index is 0.0692. The molecule has 0 fully saturated rings. The molecule has 110 valence electrons. The summed E-state index contributed by atoms with van der Waals surface area (Å²) < 4.78 is 19.0. The summed E-state index contributed by atoms with van der Waals surface area (Å²) in [6.45, 7) is 6.74. The number of ether oxygens (including phenoxy) is 4. The molecular formula is C12H16N2O6. The Labute approximate surface area is 116 Å². The molecule has 8 nitrogen and oxygen atoms in total. The smallest absolute Gasteiger partial charge is 0.431 e. The SMILES string of the molecule is CC(C)OC(=O)Oc1ccc(OC(=O)OC(C)C)nn1. The van der Waals surface area contributed by atoms with Gasteiger partial charge in [0.1, 0.15) is 0 Å². The first-order valence-corrected chi connectivity index (χ1v) is 5.97. The molecule has 0 unspecified atom stereocenters. The highest BCUT2D eigenvalue weighted by atomic mass is 16.7. The molecule has 0 aliphatic heterocycles. The van der Waals surface area contributed by atoms with Gasteiger partial charge in [0, 0.05) is 12.1 Å². The molecule has 0 saturated heterocycles. The van der Waals surface area contributed by atoms with E-state index in [1.807, 2.05) is 0 Å². The van der Waals surface area contributed by atoms with E-state index in [2.05, 4.69) is 10.2 Å². The summed E-state index contributed by atoms with van der Waals surface area (Å²) >= 11 is 0. The van der Waals surface area contributed by atoms with Gasteiger partial charge in [-0.25, -0.2) is 9.59 Å². The van der Waals surface area contributed by atoms with Crippen LogP contribution < -0.4 is 9.47 Å². The second kappa shape index (κ2) is 7.27. The van der Waals surface area contributed by atoms with Crippen molar-refractivity contribution >= 4 is 12.3 Å². The van der Waals surface area contributed by atoms with Gasteiger partial charge in [0.25, 0.3) is 0 Å². The van der Waals surface area contributed by atoms with Crippen molar-refractivity contribution in [2.24, 2.45) is 0 Å². The van der Waals surface area contributed by atoms with E-state index in [1.54, 1.807) is 27.7 Å². The van der Waals surface area contributed by atoms with Crippen molar-refractivity contribution in [3.05, 3.63) is 12.1 Å². The Bertz CT molecular complexity index is 415. The third-order valence-electron chi connectivity index (χ3n) is 1.66. The van der Waals surface area contributed by atoms with Gasteiger partial charge in [0.15, 0.2) is 0 Å². The molecule has 8 heteroatoms. The highest BCUT2D eigenvalue weighted by Crippen LogP contribution is 2.12. The van der Waals surface area contributed by atoms with E-state index < -0.39 is 12.3 Å². The molecule has 1 heterocycles. The van der Waals surface area contributed by atoms with Crippen LogP contribution in [-0.2, 0) is 9.47 Å². The van der Waals surface area contributed by atoms with Gasteiger partial charge < -0.3 is 18.9 Å². The van der Waals surface area contributed by atoms with Crippen LogP contribution >= 0.6 is 0 Å². The molecule has 1 aromatic rings. The molecule has 20 heavy (non-hydrogen) atoms. The predicted molar refractivity (Wildman–Crippen MR) is 66.5 cm³/mol. The lowest BCUT2D eigenvalue weighted by Gasteiger charge is -2.08. The van der Waals surface area contributed by atoms with Gasteiger partial charge in [0.2, 0.25) is 11.8 Å². The van der Waals surface area contributed by atoms with Crippen molar-refractivity contribution in [2.75, 3.05) is 0 Å². The molecule has 0 aliphatic rings. The Morgan fingerprint density at radius 3 is 1.45 bits per heavy atom. The first kappa shape index (κ1) is 15.7. The lowest BCUT2D eigenvalue weighted by molar-refractivity contribution is 0.0679. The molecule has 0 radical (unpaired) electrons. The largest absolute Gasteiger partial charge is 0.515 e. The normalized spacial score (nSPS) is 10.3. The van der Waals surface area contributed by atoms with Gasteiger partial charge in [-0.3, -0.25) is 0 Å². The zero-order valence-corrected chi connectivity index (χ0v) is 11.7. The van der Waals surface area contributed by atoms with Crippen LogP contribution in [0, 0.1) is 0 Å². The number of rotatable bonds is 4. The van der Waals surface area contributed by atoms with E-state index in [9.17, 15) is 9.59 Å². The van der Waals surface area contributed by atoms with Gasteiger partial charge in [-0.1, -0.05) is 0 Å². The number of hydrogen-bond acceptors (Lipinski definition) is 8.